The van der Waals surface area contributed by atoms with Gasteiger partial charge >= 0.3 is 0 Å². The van der Waals surface area contributed by atoms with Crippen LogP contribution in [0.3, 0.4) is 0 Å². The zero-order chi connectivity index (χ0) is 10.1. The molecule has 1 heterocycles. The highest BCUT2D eigenvalue weighted by Gasteiger charge is 2.04. The number of hydrogen-bond acceptors (Lipinski definition) is 2. The lowest BCUT2D eigenvalue weighted by Gasteiger charge is -2.04. The van der Waals surface area contributed by atoms with E-state index in [1.165, 1.54) is 0 Å². The van der Waals surface area contributed by atoms with Crippen molar-refractivity contribution >= 4 is 35.8 Å². The molecule has 2 rings (SSSR count). The van der Waals surface area contributed by atoms with Gasteiger partial charge in [0.15, 0.2) is 10.9 Å². The first-order chi connectivity index (χ1) is 6.70. The summed E-state index contributed by atoms with van der Waals surface area (Å²) in [4.78, 5) is 4.17. The normalized spacial score (nSPS) is 10.4. The zero-order valence-electron chi connectivity index (χ0n) is 7.62. The highest BCUT2D eigenvalue weighted by molar-refractivity contribution is 6.33. The number of pyridine rings is 1. The molecule has 1 aromatic heterocycles. The fourth-order valence-electron chi connectivity index (χ4n) is 1.28. The van der Waals surface area contributed by atoms with Crippen LogP contribution in [0.5, 0.6) is 5.75 Å². The summed E-state index contributed by atoms with van der Waals surface area (Å²) in [6, 6.07) is 7.32. The molecule has 0 fully saturated rings. The molecule has 1 aromatic carbocycles. The standard InChI is InChI=1S/C10H7BClNO/c1-14-9-4-6-2-3-7(11)5-8(6)13-10(9)12/h2-5H,1H3. The Kier molecular flexibility index (Phi) is 2.34. The summed E-state index contributed by atoms with van der Waals surface area (Å²) in [5.74, 6) is 0.573. The Morgan fingerprint density at radius 1 is 1.36 bits per heavy atom. The molecule has 2 aromatic rings. The largest absolute Gasteiger partial charge is 0.494 e. The number of ether oxygens (including phenoxy) is 1. The van der Waals surface area contributed by atoms with Crippen LogP contribution in [0.4, 0.5) is 0 Å². The van der Waals surface area contributed by atoms with Crippen molar-refractivity contribution in [2.75, 3.05) is 7.11 Å². The molecule has 0 N–H and O–H groups in total. The van der Waals surface area contributed by atoms with Crippen LogP contribution in [0.15, 0.2) is 24.3 Å². The van der Waals surface area contributed by atoms with Crippen LogP contribution < -0.4 is 10.2 Å². The number of aromatic nitrogens is 1. The monoisotopic (exact) mass is 203 g/mol. The third-order valence-corrected chi connectivity index (χ3v) is 2.25. The minimum Gasteiger partial charge on any atom is -0.494 e. The van der Waals surface area contributed by atoms with Crippen LogP contribution in [-0.4, -0.2) is 19.9 Å². The molecule has 0 spiro atoms. The predicted octanol–water partition coefficient (Wildman–Crippen LogP) is 1.69. The lowest BCUT2D eigenvalue weighted by molar-refractivity contribution is 0.414. The summed E-state index contributed by atoms with van der Waals surface area (Å²) in [7, 11) is 7.19. The molecular weight excluding hydrogens is 196 g/mol. The van der Waals surface area contributed by atoms with Crippen LogP contribution in [0.1, 0.15) is 0 Å². The van der Waals surface area contributed by atoms with Crippen LogP contribution in [0.2, 0.25) is 5.15 Å². The Morgan fingerprint density at radius 3 is 2.86 bits per heavy atom. The van der Waals surface area contributed by atoms with Crippen molar-refractivity contribution in [1.82, 2.24) is 4.98 Å². The highest BCUT2D eigenvalue weighted by Crippen LogP contribution is 2.25. The molecule has 2 nitrogen and oxygen atoms in total. The van der Waals surface area contributed by atoms with E-state index >= 15 is 0 Å². The third-order valence-electron chi connectivity index (χ3n) is 1.98. The van der Waals surface area contributed by atoms with Crippen LogP contribution in [0, 0.1) is 0 Å². The van der Waals surface area contributed by atoms with Gasteiger partial charge in [-0.3, -0.25) is 0 Å². The molecule has 14 heavy (non-hydrogen) atoms. The molecular formula is C10H7BClNO. The van der Waals surface area contributed by atoms with Gasteiger partial charge in [0.1, 0.15) is 7.85 Å². The van der Waals surface area contributed by atoms with Gasteiger partial charge in [0.2, 0.25) is 0 Å². The van der Waals surface area contributed by atoms with Crippen molar-refractivity contribution in [3.8, 4) is 5.75 Å². The van der Waals surface area contributed by atoms with E-state index in [0.29, 0.717) is 16.4 Å². The fourth-order valence-corrected chi connectivity index (χ4v) is 1.51. The van der Waals surface area contributed by atoms with E-state index in [0.717, 1.165) is 10.9 Å². The zero-order valence-corrected chi connectivity index (χ0v) is 8.38. The molecule has 2 radical (unpaired) electrons. The van der Waals surface area contributed by atoms with Crippen LogP contribution in [-0.2, 0) is 0 Å². The van der Waals surface area contributed by atoms with Gasteiger partial charge in [-0.25, -0.2) is 4.98 Å². The average Bonchev–Trinajstić information content (AvgIpc) is 2.16. The van der Waals surface area contributed by atoms with Crippen molar-refractivity contribution in [1.29, 1.82) is 0 Å². The smallest absolute Gasteiger partial charge is 0.171 e. The van der Waals surface area contributed by atoms with Gasteiger partial charge in [-0.15, -0.1) is 0 Å². The number of methoxy groups -OCH3 is 1. The fraction of sp³-hybridized carbons (Fsp3) is 0.100. The molecule has 0 bridgehead atoms. The first-order valence-corrected chi connectivity index (χ1v) is 4.48. The van der Waals surface area contributed by atoms with E-state index in [4.69, 9.17) is 24.2 Å². The topological polar surface area (TPSA) is 22.1 Å². The van der Waals surface area contributed by atoms with Gasteiger partial charge in [0.05, 0.1) is 12.6 Å². The van der Waals surface area contributed by atoms with Crippen molar-refractivity contribution in [2.45, 2.75) is 0 Å². The first kappa shape index (κ1) is 9.34. The molecule has 0 aliphatic carbocycles. The molecule has 0 aliphatic heterocycles. The molecule has 0 saturated heterocycles. The molecule has 68 valence electrons. The van der Waals surface area contributed by atoms with E-state index in [1.807, 2.05) is 18.2 Å². The number of hydrogen-bond donors (Lipinski definition) is 0. The molecule has 0 unspecified atom stereocenters. The molecule has 0 atom stereocenters. The van der Waals surface area contributed by atoms with Crippen molar-refractivity contribution in [3.63, 3.8) is 0 Å². The summed E-state index contributed by atoms with van der Waals surface area (Å²) in [5.41, 5.74) is 1.45. The number of rotatable bonds is 1. The van der Waals surface area contributed by atoms with Gasteiger partial charge in [0, 0.05) is 5.39 Å². The number of nitrogens with zero attached hydrogens (tertiary/aromatic N) is 1. The van der Waals surface area contributed by atoms with Crippen LogP contribution >= 0.6 is 11.6 Å². The third kappa shape index (κ3) is 1.55. The van der Waals surface area contributed by atoms with Crippen molar-refractivity contribution in [3.05, 3.63) is 29.4 Å². The van der Waals surface area contributed by atoms with E-state index in [9.17, 15) is 0 Å². The van der Waals surface area contributed by atoms with Gasteiger partial charge in [0.25, 0.3) is 0 Å². The second-order valence-electron chi connectivity index (χ2n) is 2.93. The Labute approximate surface area is 88.3 Å². The summed E-state index contributed by atoms with van der Waals surface area (Å²) in [5, 5.41) is 1.31. The second-order valence-corrected chi connectivity index (χ2v) is 3.29. The van der Waals surface area contributed by atoms with Gasteiger partial charge < -0.3 is 4.74 Å². The highest BCUT2D eigenvalue weighted by atomic mass is 35.5. The molecule has 0 amide bonds. The Hall–Kier alpha value is -1.22. The molecule has 4 heteroatoms. The van der Waals surface area contributed by atoms with Gasteiger partial charge in [-0.05, 0) is 12.1 Å². The Morgan fingerprint density at radius 2 is 2.14 bits per heavy atom. The van der Waals surface area contributed by atoms with Gasteiger partial charge in [-0.1, -0.05) is 29.2 Å². The summed E-state index contributed by atoms with van der Waals surface area (Å²) in [6.45, 7) is 0. The van der Waals surface area contributed by atoms with E-state index in [-0.39, 0.29) is 0 Å². The average molecular weight is 203 g/mol. The minimum absolute atomic E-state index is 0.352. The maximum atomic E-state index is 5.88. The van der Waals surface area contributed by atoms with Gasteiger partial charge in [-0.2, -0.15) is 0 Å². The molecule has 0 aliphatic rings. The number of halogens is 1. The van der Waals surface area contributed by atoms with Crippen LogP contribution in [0.25, 0.3) is 10.9 Å². The van der Waals surface area contributed by atoms with E-state index < -0.39 is 0 Å². The second kappa shape index (κ2) is 3.50. The quantitative estimate of drug-likeness (QED) is 0.520. The lowest BCUT2D eigenvalue weighted by Crippen LogP contribution is -2.00. The van der Waals surface area contributed by atoms with E-state index in [2.05, 4.69) is 4.98 Å². The van der Waals surface area contributed by atoms with Crippen molar-refractivity contribution in [2.24, 2.45) is 0 Å². The number of fused-ring (bicyclic) bond motifs is 1. The van der Waals surface area contributed by atoms with E-state index in [1.54, 1.807) is 13.2 Å². The first-order valence-electron chi connectivity index (χ1n) is 4.10. The maximum Gasteiger partial charge on any atom is 0.171 e. The minimum atomic E-state index is 0.352. The summed E-state index contributed by atoms with van der Waals surface area (Å²) < 4.78 is 5.06. The Bertz CT molecular complexity index is 487. The molecule has 0 saturated carbocycles. The maximum absolute atomic E-state index is 5.88. The number of benzene rings is 1. The summed E-state index contributed by atoms with van der Waals surface area (Å²) >= 11 is 5.88. The predicted molar refractivity (Wildman–Crippen MR) is 58.7 cm³/mol. The Balaban J connectivity index is 2.73. The van der Waals surface area contributed by atoms with Crippen molar-refractivity contribution < 1.29 is 4.74 Å². The SMILES string of the molecule is [B]c1ccc2cc(OC)c(Cl)nc2c1. The lowest BCUT2D eigenvalue weighted by atomic mass is 9.95. The summed E-state index contributed by atoms with van der Waals surface area (Å²) in [6.07, 6.45) is 0.